The van der Waals surface area contributed by atoms with Gasteiger partial charge in [0, 0.05) is 5.69 Å². The van der Waals surface area contributed by atoms with Crippen molar-refractivity contribution < 1.29 is 14.4 Å². The number of para-hydroxylation sites is 1. The highest BCUT2D eigenvalue weighted by Crippen LogP contribution is 2.36. The van der Waals surface area contributed by atoms with Crippen LogP contribution in [0.25, 0.3) is 0 Å². The molecule has 0 fully saturated rings. The molecule has 1 rings (SSSR count). The first-order chi connectivity index (χ1) is 5.43. The minimum Gasteiger partial charge on any atom is -0.398 e. The number of hydrogen-bond donors (Lipinski definition) is 3. The van der Waals surface area contributed by atoms with Crippen LogP contribution in [0.15, 0.2) is 18.2 Å². The van der Waals surface area contributed by atoms with E-state index in [0.29, 0.717) is 5.56 Å². The topological polar surface area (TPSA) is 83.5 Å². The zero-order valence-corrected chi connectivity index (χ0v) is 7.45. The summed E-state index contributed by atoms with van der Waals surface area (Å²) in [6, 6.07) is 4.61. The number of hydrogen-bond acceptors (Lipinski definition) is 2. The van der Waals surface area contributed by atoms with E-state index in [9.17, 15) is 4.57 Å². The van der Waals surface area contributed by atoms with Crippen molar-refractivity contribution in [3.63, 3.8) is 0 Å². The molecule has 1 aromatic carbocycles. The average Bonchev–Trinajstić information content (AvgIpc) is 1.92. The normalized spacial score (nSPS) is 11.6. The van der Waals surface area contributed by atoms with Crippen molar-refractivity contribution in [3.05, 3.63) is 23.8 Å². The van der Waals surface area contributed by atoms with Crippen molar-refractivity contribution >= 4 is 18.6 Å². The molecule has 0 bridgehead atoms. The molecule has 0 spiro atoms. The van der Waals surface area contributed by atoms with Gasteiger partial charge < -0.3 is 15.5 Å². The van der Waals surface area contributed by atoms with Gasteiger partial charge in [0.25, 0.3) is 0 Å². The molecule has 0 saturated carbocycles. The van der Waals surface area contributed by atoms with Gasteiger partial charge in [-0.05, 0) is 18.6 Å². The lowest BCUT2D eigenvalue weighted by molar-refractivity contribution is 0.387. The Labute approximate surface area is 70.2 Å². The van der Waals surface area contributed by atoms with Gasteiger partial charge in [0.05, 0.1) is 5.30 Å². The lowest BCUT2D eigenvalue weighted by Gasteiger charge is -2.08. The number of nitrogens with two attached hydrogens (primary N) is 1. The highest BCUT2D eigenvalue weighted by Gasteiger charge is 2.20. The van der Waals surface area contributed by atoms with Crippen LogP contribution < -0.4 is 11.0 Å². The SMILES string of the molecule is Cc1cccc(P(=O)(O)O)c1N. The molecular weight excluding hydrogens is 177 g/mol. The van der Waals surface area contributed by atoms with Crippen molar-refractivity contribution in [1.82, 2.24) is 0 Å². The van der Waals surface area contributed by atoms with Gasteiger partial charge in [-0.15, -0.1) is 0 Å². The summed E-state index contributed by atoms with van der Waals surface area (Å²) in [6.45, 7) is 1.70. The third kappa shape index (κ3) is 1.67. The molecule has 4 N–H and O–H groups in total. The predicted octanol–water partition coefficient (Wildman–Crippen LogP) is 0.380. The standard InChI is InChI=1S/C7H10NO3P/c1-5-3-2-4-6(7(5)8)12(9,10)11/h2-4H,8H2,1H3,(H2,9,10,11). The van der Waals surface area contributed by atoms with Gasteiger partial charge in [0.15, 0.2) is 0 Å². The first kappa shape index (κ1) is 9.26. The highest BCUT2D eigenvalue weighted by atomic mass is 31.2. The molecule has 0 atom stereocenters. The maximum atomic E-state index is 10.8. The number of anilines is 1. The van der Waals surface area contributed by atoms with Crippen LogP contribution in [-0.2, 0) is 4.57 Å². The maximum Gasteiger partial charge on any atom is 0.358 e. The summed E-state index contributed by atoms with van der Waals surface area (Å²) >= 11 is 0. The van der Waals surface area contributed by atoms with Gasteiger partial charge in [-0.1, -0.05) is 12.1 Å². The largest absolute Gasteiger partial charge is 0.398 e. The van der Waals surface area contributed by atoms with Gasteiger partial charge in [-0.2, -0.15) is 0 Å². The Balaban J connectivity index is 3.36. The molecule has 1 aromatic rings. The minimum absolute atomic E-state index is 0.0949. The quantitative estimate of drug-likeness (QED) is 0.438. The lowest BCUT2D eigenvalue weighted by Crippen LogP contribution is -2.11. The molecule has 0 aromatic heterocycles. The van der Waals surface area contributed by atoms with Crippen LogP contribution in [-0.4, -0.2) is 9.79 Å². The molecule has 0 aliphatic carbocycles. The molecule has 66 valence electrons. The zero-order chi connectivity index (χ0) is 9.35. The van der Waals surface area contributed by atoms with E-state index in [1.165, 1.54) is 6.07 Å². The van der Waals surface area contributed by atoms with E-state index < -0.39 is 7.60 Å². The van der Waals surface area contributed by atoms with Crippen LogP contribution in [0.5, 0.6) is 0 Å². The van der Waals surface area contributed by atoms with Crippen molar-refractivity contribution in [2.24, 2.45) is 0 Å². The fourth-order valence-electron chi connectivity index (χ4n) is 0.919. The molecule has 4 nitrogen and oxygen atoms in total. The fourth-order valence-corrected chi connectivity index (χ4v) is 1.69. The molecule has 12 heavy (non-hydrogen) atoms. The highest BCUT2D eigenvalue weighted by molar-refractivity contribution is 7.60. The van der Waals surface area contributed by atoms with E-state index in [4.69, 9.17) is 15.5 Å². The Hall–Kier alpha value is -0.830. The van der Waals surface area contributed by atoms with Crippen LogP contribution in [0, 0.1) is 6.92 Å². The van der Waals surface area contributed by atoms with Gasteiger partial charge in [-0.25, -0.2) is 0 Å². The van der Waals surface area contributed by atoms with Crippen LogP contribution in [0.4, 0.5) is 5.69 Å². The summed E-state index contributed by atoms with van der Waals surface area (Å²) in [6.07, 6.45) is 0. The van der Waals surface area contributed by atoms with Gasteiger partial charge in [-0.3, -0.25) is 4.57 Å². The third-order valence-electron chi connectivity index (χ3n) is 1.61. The monoisotopic (exact) mass is 187 g/mol. The number of benzene rings is 1. The molecular formula is C7H10NO3P. The number of rotatable bonds is 1. The van der Waals surface area contributed by atoms with Crippen molar-refractivity contribution in [1.29, 1.82) is 0 Å². The summed E-state index contributed by atoms with van der Waals surface area (Å²) in [5.41, 5.74) is 6.33. The molecule has 0 heterocycles. The second kappa shape index (κ2) is 2.90. The van der Waals surface area contributed by atoms with E-state index in [1.807, 2.05) is 0 Å². The molecule has 0 amide bonds. The van der Waals surface area contributed by atoms with E-state index >= 15 is 0 Å². The van der Waals surface area contributed by atoms with Crippen molar-refractivity contribution in [2.45, 2.75) is 6.92 Å². The zero-order valence-electron chi connectivity index (χ0n) is 6.56. The average molecular weight is 187 g/mol. The number of aryl methyl sites for hydroxylation is 1. The molecule has 0 saturated heterocycles. The Morgan fingerprint density at radius 1 is 1.42 bits per heavy atom. The second-order valence-corrected chi connectivity index (χ2v) is 4.12. The molecule has 0 aliphatic heterocycles. The first-order valence-corrected chi connectivity index (χ1v) is 4.95. The summed E-state index contributed by atoms with van der Waals surface area (Å²) in [5.74, 6) is 0. The third-order valence-corrected chi connectivity index (χ3v) is 2.63. The molecule has 5 heteroatoms. The smallest absolute Gasteiger partial charge is 0.358 e. The van der Waals surface area contributed by atoms with Crippen LogP contribution in [0.3, 0.4) is 0 Å². The number of nitrogen functional groups attached to an aromatic ring is 1. The molecule has 0 aliphatic rings. The summed E-state index contributed by atoms with van der Waals surface area (Å²) in [4.78, 5) is 17.7. The van der Waals surface area contributed by atoms with E-state index in [-0.39, 0.29) is 11.0 Å². The van der Waals surface area contributed by atoms with Gasteiger partial charge >= 0.3 is 7.60 Å². The summed E-state index contributed by atoms with van der Waals surface area (Å²) < 4.78 is 10.8. The van der Waals surface area contributed by atoms with Crippen LogP contribution in [0.2, 0.25) is 0 Å². The lowest BCUT2D eigenvalue weighted by atomic mass is 10.2. The first-order valence-electron chi connectivity index (χ1n) is 3.34. The second-order valence-electron chi connectivity index (χ2n) is 2.55. The molecule has 0 radical (unpaired) electrons. The van der Waals surface area contributed by atoms with Crippen molar-refractivity contribution in [2.75, 3.05) is 5.73 Å². The van der Waals surface area contributed by atoms with Gasteiger partial charge in [0.2, 0.25) is 0 Å². The van der Waals surface area contributed by atoms with E-state index in [2.05, 4.69) is 0 Å². The van der Waals surface area contributed by atoms with Gasteiger partial charge in [0.1, 0.15) is 0 Å². The molecule has 0 unspecified atom stereocenters. The summed E-state index contributed by atoms with van der Waals surface area (Å²) in [7, 11) is -4.21. The Morgan fingerprint density at radius 3 is 2.42 bits per heavy atom. The maximum absolute atomic E-state index is 10.8. The minimum atomic E-state index is -4.21. The summed E-state index contributed by atoms with van der Waals surface area (Å²) in [5, 5.41) is -0.0949. The Kier molecular flexibility index (Phi) is 2.24. The van der Waals surface area contributed by atoms with E-state index in [0.717, 1.165) is 0 Å². The Bertz CT molecular complexity index is 345. The van der Waals surface area contributed by atoms with Crippen molar-refractivity contribution in [3.8, 4) is 0 Å². The predicted molar refractivity (Wildman–Crippen MR) is 47.3 cm³/mol. The Morgan fingerprint density at radius 2 is 2.00 bits per heavy atom. The fraction of sp³-hybridized carbons (Fsp3) is 0.143. The van der Waals surface area contributed by atoms with Crippen LogP contribution >= 0.6 is 7.60 Å². The van der Waals surface area contributed by atoms with Crippen LogP contribution in [0.1, 0.15) is 5.56 Å². The van der Waals surface area contributed by atoms with E-state index in [1.54, 1.807) is 19.1 Å².